The first-order chi connectivity index (χ1) is 7.12. The summed E-state index contributed by atoms with van der Waals surface area (Å²) in [6.45, 7) is 6.06. The van der Waals surface area contributed by atoms with Crippen molar-refractivity contribution in [2.24, 2.45) is 0 Å². The molecule has 0 amide bonds. The van der Waals surface area contributed by atoms with Crippen LogP contribution in [0.5, 0.6) is 0 Å². The van der Waals surface area contributed by atoms with Crippen LogP contribution >= 0.6 is 0 Å². The van der Waals surface area contributed by atoms with Crippen LogP contribution in [-0.2, 0) is 14.8 Å². The van der Waals surface area contributed by atoms with E-state index in [-0.39, 0.29) is 5.25 Å². The minimum atomic E-state index is -3.08. The van der Waals surface area contributed by atoms with E-state index in [2.05, 4.69) is 0 Å². The largest absolute Gasteiger partial charge is 0.379 e. The summed E-state index contributed by atoms with van der Waals surface area (Å²) in [6.07, 6.45) is 2.38. The molecule has 1 unspecified atom stereocenters. The summed E-state index contributed by atoms with van der Waals surface area (Å²) in [4.78, 5) is 0. The predicted octanol–water partition coefficient (Wildman–Crippen LogP) is 1.23. The number of morpholine rings is 1. The number of rotatable bonds is 5. The number of ether oxygens (including phenoxy) is 1. The van der Waals surface area contributed by atoms with Crippen LogP contribution in [0.15, 0.2) is 0 Å². The van der Waals surface area contributed by atoms with Gasteiger partial charge in [0.2, 0.25) is 10.0 Å². The lowest BCUT2D eigenvalue weighted by Crippen LogP contribution is -2.45. The molecule has 0 spiro atoms. The van der Waals surface area contributed by atoms with Gasteiger partial charge >= 0.3 is 0 Å². The Kier molecular flexibility index (Phi) is 5.02. The van der Waals surface area contributed by atoms with Crippen LogP contribution in [0, 0.1) is 0 Å². The van der Waals surface area contributed by atoms with E-state index in [0.717, 1.165) is 12.8 Å². The molecule has 1 fully saturated rings. The summed E-state index contributed by atoms with van der Waals surface area (Å²) in [7, 11) is -3.08. The van der Waals surface area contributed by atoms with Gasteiger partial charge in [0.1, 0.15) is 0 Å². The van der Waals surface area contributed by atoms with Gasteiger partial charge in [-0.05, 0) is 12.8 Å². The van der Waals surface area contributed by atoms with E-state index in [0.29, 0.717) is 32.7 Å². The molecule has 0 aromatic rings. The van der Waals surface area contributed by atoms with E-state index >= 15 is 0 Å². The van der Waals surface area contributed by atoms with E-state index in [1.54, 1.807) is 4.31 Å². The molecule has 1 heterocycles. The van der Waals surface area contributed by atoms with Crippen molar-refractivity contribution < 1.29 is 13.2 Å². The second kappa shape index (κ2) is 5.82. The van der Waals surface area contributed by atoms with Crippen LogP contribution in [0.2, 0.25) is 0 Å². The summed E-state index contributed by atoms with van der Waals surface area (Å²) >= 11 is 0. The first-order valence-corrected chi connectivity index (χ1v) is 7.20. The maximum Gasteiger partial charge on any atom is 0.217 e. The van der Waals surface area contributed by atoms with Gasteiger partial charge in [0, 0.05) is 13.1 Å². The SMILES string of the molecule is CCCC(CC)S(=O)(=O)N1CCOCC1. The van der Waals surface area contributed by atoms with Crippen LogP contribution in [0.1, 0.15) is 33.1 Å². The first kappa shape index (κ1) is 12.9. The van der Waals surface area contributed by atoms with Crippen molar-refractivity contribution in [2.45, 2.75) is 38.4 Å². The fraction of sp³-hybridized carbons (Fsp3) is 1.00. The molecule has 0 N–H and O–H groups in total. The Bertz CT molecular complexity index is 260. The fourth-order valence-corrected chi connectivity index (χ4v) is 3.93. The second-order valence-corrected chi connectivity index (χ2v) is 6.09. The lowest BCUT2D eigenvalue weighted by Gasteiger charge is -2.29. The average molecular weight is 235 g/mol. The minimum Gasteiger partial charge on any atom is -0.379 e. The molecule has 5 heteroatoms. The van der Waals surface area contributed by atoms with Crippen molar-refractivity contribution in [1.29, 1.82) is 0 Å². The van der Waals surface area contributed by atoms with Gasteiger partial charge in [-0.25, -0.2) is 8.42 Å². The maximum atomic E-state index is 12.2. The van der Waals surface area contributed by atoms with E-state index in [1.807, 2.05) is 13.8 Å². The van der Waals surface area contributed by atoms with Crippen molar-refractivity contribution in [3.8, 4) is 0 Å². The van der Waals surface area contributed by atoms with Crippen LogP contribution in [0.3, 0.4) is 0 Å². The quantitative estimate of drug-likeness (QED) is 0.720. The maximum absolute atomic E-state index is 12.2. The van der Waals surface area contributed by atoms with Gasteiger partial charge in [-0.15, -0.1) is 0 Å². The Balaban J connectivity index is 2.69. The molecule has 15 heavy (non-hydrogen) atoms. The average Bonchev–Trinajstić information content (AvgIpc) is 2.27. The third-order valence-corrected chi connectivity index (χ3v) is 5.31. The Labute approximate surface area is 92.7 Å². The highest BCUT2D eigenvalue weighted by Gasteiger charge is 2.30. The zero-order chi connectivity index (χ0) is 11.3. The van der Waals surface area contributed by atoms with E-state index in [4.69, 9.17) is 4.74 Å². The van der Waals surface area contributed by atoms with Crippen molar-refractivity contribution in [3.05, 3.63) is 0 Å². The predicted molar refractivity (Wildman–Crippen MR) is 60.3 cm³/mol. The van der Waals surface area contributed by atoms with Crippen molar-refractivity contribution in [1.82, 2.24) is 4.31 Å². The Morgan fingerprint density at radius 3 is 2.33 bits per heavy atom. The summed E-state index contributed by atoms with van der Waals surface area (Å²) in [6, 6.07) is 0. The number of hydrogen-bond acceptors (Lipinski definition) is 3. The fourth-order valence-electron chi connectivity index (χ4n) is 1.90. The second-order valence-electron chi connectivity index (χ2n) is 3.88. The monoisotopic (exact) mass is 235 g/mol. The molecule has 0 aliphatic carbocycles. The van der Waals surface area contributed by atoms with Gasteiger partial charge in [0.25, 0.3) is 0 Å². The zero-order valence-electron chi connectivity index (χ0n) is 9.61. The van der Waals surface area contributed by atoms with Gasteiger partial charge in [-0.3, -0.25) is 0 Å². The zero-order valence-corrected chi connectivity index (χ0v) is 10.4. The van der Waals surface area contributed by atoms with Crippen LogP contribution in [0.4, 0.5) is 0 Å². The first-order valence-electron chi connectivity index (χ1n) is 5.69. The third-order valence-electron chi connectivity index (χ3n) is 2.82. The molecular formula is C10H21NO3S. The third kappa shape index (κ3) is 3.16. The molecule has 1 atom stereocenters. The molecule has 1 aliphatic heterocycles. The van der Waals surface area contributed by atoms with E-state index in [1.165, 1.54) is 0 Å². The van der Waals surface area contributed by atoms with Crippen LogP contribution < -0.4 is 0 Å². The lowest BCUT2D eigenvalue weighted by atomic mass is 10.2. The summed E-state index contributed by atoms with van der Waals surface area (Å²) < 4.78 is 31.1. The molecule has 1 rings (SSSR count). The number of nitrogens with zero attached hydrogens (tertiary/aromatic N) is 1. The minimum absolute atomic E-state index is 0.208. The Morgan fingerprint density at radius 1 is 1.27 bits per heavy atom. The Morgan fingerprint density at radius 2 is 1.87 bits per heavy atom. The number of sulfonamides is 1. The highest BCUT2D eigenvalue weighted by atomic mass is 32.2. The molecule has 90 valence electrons. The summed E-state index contributed by atoms with van der Waals surface area (Å²) in [5.41, 5.74) is 0. The molecule has 0 saturated carbocycles. The smallest absolute Gasteiger partial charge is 0.217 e. The van der Waals surface area contributed by atoms with Crippen molar-refractivity contribution in [2.75, 3.05) is 26.3 Å². The molecule has 0 radical (unpaired) electrons. The van der Waals surface area contributed by atoms with E-state index in [9.17, 15) is 8.42 Å². The molecule has 0 aromatic heterocycles. The van der Waals surface area contributed by atoms with E-state index < -0.39 is 10.0 Å². The molecule has 1 saturated heterocycles. The number of hydrogen-bond donors (Lipinski definition) is 0. The van der Waals surface area contributed by atoms with Crippen LogP contribution in [-0.4, -0.2) is 44.3 Å². The normalized spacial score (nSPS) is 21.5. The summed E-state index contributed by atoms with van der Waals surface area (Å²) in [5, 5.41) is -0.208. The van der Waals surface area contributed by atoms with Crippen LogP contribution in [0.25, 0.3) is 0 Å². The standard InChI is InChI=1S/C10H21NO3S/c1-3-5-10(4-2)15(12,13)11-6-8-14-9-7-11/h10H,3-9H2,1-2H3. The van der Waals surface area contributed by atoms with Gasteiger partial charge in [0.15, 0.2) is 0 Å². The van der Waals surface area contributed by atoms with Gasteiger partial charge < -0.3 is 4.74 Å². The molecule has 1 aliphatic rings. The van der Waals surface area contributed by atoms with Crippen molar-refractivity contribution in [3.63, 3.8) is 0 Å². The highest BCUT2D eigenvalue weighted by Crippen LogP contribution is 2.18. The van der Waals surface area contributed by atoms with Gasteiger partial charge in [-0.2, -0.15) is 4.31 Å². The van der Waals surface area contributed by atoms with Crippen molar-refractivity contribution >= 4 is 10.0 Å². The van der Waals surface area contributed by atoms with Gasteiger partial charge in [-0.1, -0.05) is 20.3 Å². The molecular weight excluding hydrogens is 214 g/mol. The molecule has 0 bridgehead atoms. The topological polar surface area (TPSA) is 46.6 Å². The lowest BCUT2D eigenvalue weighted by molar-refractivity contribution is 0.0725. The highest BCUT2D eigenvalue weighted by molar-refractivity contribution is 7.89. The molecule has 0 aromatic carbocycles. The summed E-state index contributed by atoms with van der Waals surface area (Å²) in [5.74, 6) is 0. The van der Waals surface area contributed by atoms with Gasteiger partial charge in [0.05, 0.1) is 18.5 Å². The molecule has 4 nitrogen and oxygen atoms in total. The Hall–Kier alpha value is -0.130.